The first kappa shape index (κ1) is 35.2. The highest BCUT2D eigenvalue weighted by molar-refractivity contribution is 7.95. The summed E-state index contributed by atoms with van der Waals surface area (Å²) >= 11 is 5.94. The van der Waals surface area contributed by atoms with E-state index in [4.69, 9.17) is 16.3 Å². The van der Waals surface area contributed by atoms with Crippen LogP contribution in [0.15, 0.2) is 140 Å². The standard InChI is InChI=1S/C40H35ClN5O4P/c1-50-40(49)44-31-21-23-37(46-28-29(26-43-46)39(48)35-22-20-30(41)27-42-35)36(25-31)45-38(47)19-11-12-24-51(32-13-5-2-6-14-32,33-15-7-3-8-16-33)34-17-9-4-10-18-34/h2-10,13-18,20-23,25-28H,11-12,19,24H2,1H3,(H-,44,45,47,49)/p+1. The van der Waals surface area contributed by atoms with Crippen LogP contribution in [0, 0.1) is 0 Å². The first-order valence-electron chi connectivity index (χ1n) is 16.4. The number of nitrogens with zero attached hydrogens (tertiary/aromatic N) is 3. The number of aromatic nitrogens is 3. The van der Waals surface area contributed by atoms with Gasteiger partial charge in [0.15, 0.2) is 0 Å². The number of anilines is 2. The summed E-state index contributed by atoms with van der Waals surface area (Å²) < 4.78 is 6.25. The number of carbonyl (C=O) groups is 3. The molecule has 0 bridgehead atoms. The van der Waals surface area contributed by atoms with E-state index in [0.717, 1.165) is 12.6 Å². The van der Waals surface area contributed by atoms with Crippen molar-refractivity contribution in [3.63, 3.8) is 0 Å². The number of halogens is 1. The van der Waals surface area contributed by atoms with Crippen LogP contribution in [-0.2, 0) is 9.53 Å². The van der Waals surface area contributed by atoms with E-state index in [-0.39, 0.29) is 23.8 Å². The number of amides is 2. The molecule has 0 aliphatic rings. The molecule has 0 aliphatic heterocycles. The summed E-state index contributed by atoms with van der Waals surface area (Å²) in [7, 11) is -0.743. The van der Waals surface area contributed by atoms with Crippen LogP contribution in [0.25, 0.3) is 5.69 Å². The lowest BCUT2D eigenvalue weighted by atomic mass is 10.1. The molecule has 11 heteroatoms. The third kappa shape index (κ3) is 8.23. The Bertz CT molecular complexity index is 2010. The van der Waals surface area contributed by atoms with E-state index < -0.39 is 13.4 Å². The number of carbonyl (C=O) groups excluding carboxylic acids is 3. The van der Waals surface area contributed by atoms with E-state index >= 15 is 0 Å². The van der Waals surface area contributed by atoms with Crippen LogP contribution < -0.4 is 26.5 Å². The first-order chi connectivity index (χ1) is 24.9. The number of hydrogen-bond donors (Lipinski definition) is 2. The second-order valence-electron chi connectivity index (χ2n) is 11.8. The van der Waals surface area contributed by atoms with Crippen molar-refractivity contribution in [3.8, 4) is 5.69 Å². The molecule has 2 amide bonds. The molecule has 51 heavy (non-hydrogen) atoms. The Morgan fingerprint density at radius 2 is 1.39 bits per heavy atom. The Morgan fingerprint density at radius 3 is 1.96 bits per heavy atom. The minimum atomic E-state index is -2.02. The number of pyridine rings is 1. The van der Waals surface area contributed by atoms with Crippen molar-refractivity contribution >= 4 is 63.9 Å². The lowest BCUT2D eigenvalue weighted by molar-refractivity contribution is -0.116. The topological polar surface area (TPSA) is 115 Å². The molecule has 6 rings (SSSR count). The largest absolute Gasteiger partial charge is 0.453 e. The van der Waals surface area contributed by atoms with Crippen LogP contribution in [-0.4, -0.2) is 45.8 Å². The summed E-state index contributed by atoms with van der Waals surface area (Å²) in [6.07, 6.45) is 6.41. The number of benzene rings is 4. The van der Waals surface area contributed by atoms with Crippen molar-refractivity contribution in [3.05, 3.63) is 156 Å². The second-order valence-corrected chi connectivity index (χ2v) is 15.8. The molecule has 256 valence electrons. The summed E-state index contributed by atoms with van der Waals surface area (Å²) in [4.78, 5) is 42.7. The molecule has 0 fully saturated rings. The number of nitrogens with one attached hydrogen (secondary N) is 2. The van der Waals surface area contributed by atoms with Gasteiger partial charge >= 0.3 is 6.09 Å². The highest BCUT2D eigenvalue weighted by Gasteiger charge is 2.44. The van der Waals surface area contributed by atoms with Crippen molar-refractivity contribution in [2.45, 2.75) is 19.3 Å². The van der Waals surface area contributed by atoms with E-state index in [9.17, 15) is 14.4 Å². The maximum atomic E-state index is 13.5. The van der Waals surface area contributed by atoms with E-state index in [1.165, 1.54) is 40.1 Å². The van der Waals surface area contributed by atoms with Crippen LogP contribution in [0.4, 0.5) is 16.2 Å². The van der Waals surface area contributed by atoms with Gasteiger partial charge in [-0.3, -0.25) is 19.9 Å². The van der Waals surface area contributed by atoms with Crippen molar-refractivity contribution in [2.75, 3.05) is 23.9 Å². The Kier molecular flexibility index (Phi) is 11.3. The zero-order valence-electron chi connectivity index (χ0n) is 27.9. The second kappa shape index (κ2) is 16.4. The molecule has 9 nitrogen and oxygen atoms in total. The molecule has 0 saturated carbocycles. The van der Waals surface area contributed by atoms with Gasteiger partial charge in [-0.05, 0) is 79.6 Å². The van der Waals surface area contributed by atoms with Gasteiger partial charge in [-0.1, -0.05) is 66.2 Å². The molecule has 0 saturated heterocycles. The molecule has 0 radical (unpaired) electrons. The fourth-order valence-corrected chi connectivity index (χ4v) is 10.6. The average Bonchev–Trinajstić information content (AvgIpc) is 3.66. The van der Waals surface area contributed by atoms with Crippen molar-refractivity contribution in [1.29, 1.82) is 0 Å². The predicted octanol–water partition coefficient (Wildman–Crippen LogP) is 7.43. The summed E-state index contributed by atoms with van der Waals surface area (Å²) in [5, 5.41) is 14.4. The van der Waals surface area contributed by atoms with Crippen LogP contribution in [0.3, 0.4) is 0 Å². The lowest BCUT2D eigenvalue weighted by Gasteiger charge is -2.27. The highest BCUT2D eigenvalue weighted by atomic mass is 35.5. The first-order valence-corrected chi connectivity index (χ1v) is 18.8. The maximum Gasteiger partial charge on any atom is 0.411 e. The third-order valence-corrected chi connectivity index (χ3v) is 13.2. The van der Waals surface area contributed by atoms with Gasteiger partial charge in [0.1, 0.15) is 28.9 Å². The van der Waals surface area contributed by atoms with Gasteiger partial charge in [0.05, 0.1) is 41.4 Å². The molecule has 2 aromatic heterocycles. The number of ether oxygens (including phenoxy) is 1. The van der Waals surface area contributed by atoms with Gasteiger partial charge < -0.3 is 10.1 Å². The SMILES string of the molecule is COC(=O)Nc1ccc(-n2cc(C(=O)c3ccc(Cl)cn3)cn2)c(NC(=O)CCCC[P+](c2ccccc2)(c2ccccc2)c2ccccc2)c1. The van der Waals surface area contributed by atoms with E-state index in [2.05, 4.69) is 93.5 Å². The van der Waals surface area contributed by atoms with Crippen LogP contribution in [0.5, 0.6) is 0 Å². The molecular formula is C40H36ClN5O4P+. The monoisotopic (exact) mass is 716 g/mol. The summed E-state index contributed by atoms with van der Waals surface area (Å²) in [5.41, 5.74) is 1.85. The van der Waals surface area contributed by atoms with Gasteiger partial charge in [0.2, 0.25) is 11.7 Å². The van der Waals surface area contributed by atoms with Crippen LogP contribution in [0.1, 0.15) is 35.3 Å². The third-order valence-electron chi connectivity index (χ3n) is 8.49. The van der Waals surface area contributed by atoms with E-state index in [1.807, 2.05) is 18.2 Å². The lowest BCUT2D eigenvalue weighted by Crippen LogP contribution is -2.33. The predicted molar refractivity (Wildman–Crippen MR) is 205 cm³/mol. The van der Waals surface area contributed by atoms with Crippen molar-refractivity contribution in [2.24, 2.45) is 0 Å². The number of hydrogen-bond acceptors (Lipinski definition) is 6. The maximum absolute atomic E-state index is 13.5. The van der Waals surface area contributed by atoms with Crippen LogP contribution in [0.2, 0.25) is 5.02 Å². The molecule has 0 aliphatic carbocycles. The molecule has 0 spiro atoms. The molecule has 4 aromatic carbocycles. The Balaban J connectivity index is 1.21. The highest BCUT2D eigenvalue weighted by Crippen LogP contribution is 2.56. The van der Waals surface area contributed by atoms with Gasteiger partial charge in [-0.25, -0.2) is 9.48 Å². The zero-order valence-corrected chi connectivity index (χ0v) is 29.6. The van der Waals surface area contributed by atoms with Crippen molar-refractivity contribution in [1.82, 2.24) is 14.8 Å². The van der Waals surface area contributed by atoms with Gasteiger partial charge in [-0.15, -0.1) is 0 Å². The Morgan fingerprint density at radius 1 is 0.765 bits per heavy atom. The normalized spacial score (nSPS) is 11.1. The minimum Gasteiger partial charge on any atom is -0.453 e. The van der Waals surface area contributed by atoms with Gasteiger partial charge in [-0.2, -0.15) is 5.10 Å². The fraction of sp³-hybridized carbons (Fsp3) is 0.125. The number of rotatable bonds is 13. The molecule has 2 N–H and O–H groups in total. The zero-order chi connectivity index (χ0) is 35.6. The fourth-order valence-electron chi connectivity index (χ4n) is 6.04. The summed E-state index contributed by atoms with van der Waals surface area (Å²) in [6, 6.07) is 40.1. The quantitative estimate of drug-likeness (QED) is 0.0730. The average molecular weight is 717 g/mol. The molecule has 0 unspecified atom stereocenters. The van der Waals surface area contributed by atoms with Gasteiger partial charge in [0.25, 0.3) is 0 Å². The molecule has 0 atom stereocenters. The number of unbranched alkanes of at least 4 members (excludes halogenated alkanes) is 1. The smallest absolute Gasteiger partial charge is 0.411 e. The number of ketones is 1. The molecule has 6 aromatic rings. The summed E-state index contributed by atoms with van der Waals surface area (Å²) in [5.74, 6) is -0.517. The molecule has 2 heterocycles. The Labute approximate surface area is 302 Å². The van der Waals surface area contributed by atoms with Crippen molar-refractivity contribution < 1.29 is 19.1 Å². The van der Waals surface area contributed by atoms with Gasteiger partial charge in [0, 0.05) is 24.5 Å². The summed E-state index contributed by atoms with van der Waals surface area (Å²) in [6.45, 7) is 0. The molecular weight excluding hydrogens is 681 g/mol. The minimum absolute atomic E-state index is 0.191. The Hall–Kier alpha value is -5.63. The van der Waals surface area contributed by atoms with E-state index in [0.29, 0.717) is 34.1 Å². The number of methoxy groups -OCH3 is 1. The van der Waals surface area contributed by atoms with Crippen LogP contribution >= 0.6 is 18.9 Å². The van der Waals surface area contributed by atoms with E-state index in [1.54, 1.807) is 36.5 Å².